The Kier molecular flexibility index (Phi) is 4.13. The Balaban J connectivity index is 1.47. The van der Waals surface area contributed by atoms with E-state index in [9.17, 15) is 9.90 Å². The second-order valence-electron chi connectivity index (χ2n) is 9.19. The second-order valence-corrected chi connectivity index (χ2v) is 9.19. The number of hydrogen-bond donors (Lipinski definition) is 1. The number of fused-ring (bicyclic) bond motifs is 5. The third kappa shape index (κ3) is 2.82. The van der Waals surface area contributed by atoms with Crippen LogP contribution >= 0.6 is 0 Å². The van der Waals surface area contributed by atoms with Crippen molar-refractivity contribution in [3.05, 3.63) is 70.3 Å². The first kappa shape index (κ1) is 18.2. The minimum atomic E-state index is -0.256. The first-order valence-corrected chi connectivity index (χ1v) is 10.6. The molecule has 29 heavy (non-hydrogen) atoms. The minimum absolute atomic E-state index is 0.256. The van der Waals surface area contributed by atoms with Crippen molar-refractivity contribution in [1.29, 1.82) is 5.26 Å². The van der Waals surface area contributed by atoms with E-state index in [1.807, 2.05) is 42.5 Å². The second kappa shape index (κ2) is 6.59. The van der Waals surface area contributed by atoms with Gasteiger partial charge in [0.05, 0.1) is 11.6 Å². The zero-order valence-corrected chi connectivity index (χ0v) is 16.7. The van der Waals surface area contributed by atoms with E-state index in [1.165, 1.54) is 11.1 Å². The molecule has 2 aromatic carbocycles. The first-order valence-electron chi connectivity index (χ1n) is 10.6. The lowest BCUT2D eigenvalue weighted by Crippen LogP contribution is -2.42. The number of allylic oxidation sites excluding steroid dienone is 1. The molecule has 4 atom stereocenters. The van der Waals surface area contributed by atoms with Gasteiger partial charge in [-0.2, -0.15) is 5.26 Å². The number of rotatable bonds is 1. The van der Waals surface area contributed by atoms with Crippen LogP contribution in [0.25, 0.3) is 6.08 Å². The lowest BCUT2D eigenvalue weighted by atomic mass is 9.55. The maximum atomic E-state index is 13.4. The molecule has 3 aliphatic carbocycles. The summed E-state index contributed by atoms with van der Waals surface area (Å²) in [6.45, 7) is 2.18. The Bertz CT molecular complexity index is 1060. The summed E-state index contributed by atoms with van der Waals surface area (Å²) < 4.78 is 0. The normalized spacial score (nSPS) is 31.7. The highest BCUT2D eigenvalue weighted by Gasteiger charge is 2.56. The minimum Gasteiger partial charge on any atom is -0.508 e. The molecule has 0 amide bonds. The van der Waals surface area contributed by atoms with Crippen LogP contribution in [0.1, 0.15) is 60.8 Å². The lowest BCUT2D eigenvalue weighted by Gasteiger charge is -2.48. The van der Waals surface area contributed by atoms with Crippen LogP contribution in [0.3, 0.4) is 0 Å². The van der Waals surface area contributed by atoms with Gasteiger partial charge in [0.25, 0.3) is 0 Å². The van der Waals surface area contributed by atoms with Gasteiger partial charge in [-0.1, -0.05) is 25.1 Å². The monoisotopic (exact) mass is 383 g/mol. The summed E-state index contributed by atoms with van der Waals surface area (Å²) >= 11 is 0. The maximum absolute atomic E-state index is 13.4. The smallest absolute Gasteiger partial charge is 0.165 e. The van der Waals surface area contributed by atoms with E-state index in [0.29, 0.717) is 34.8 Å². The number of nitriles is 1. The van der Waals surface area contributed by atoms with E-state index in [-0.39, 0.29) is 5.41 Å². The number of benzene rings is 2. The number of aromatic hydroxyl groups is 1. The predicted molar refractivity (Wildman–Crippen MR) is 112 cm³/mol. The molecule has 0 heterocycles. The van der Waals surface area contributed by atoms with Crippen LogP contribution in [0.15, 0.2) is 48.0 Å². The zero-order chi connectivity index (χ0) is 20.2. The van der Waals surface area contributed by atoms with Crippen molar-refractivity contribution in [1.82, 2.24) is 0 Å². The molecule has 0 radical (unpaired) electrons. The molecule has 0 aromatic heterocycles. The zero-order valence-electron chi connectivity index (χ0n) is 16.7. The quantitative estimate of drug-likeness (QED) is 0.672. The Labute approximate surface area is 171 Å². The number of carbonyl (C=O) groups is 1. The van der Waals surface area contributed by atoms with Crippen LogP contribution in [0.4, 0.5) is 0 Å². The standard InChI is InChI=1S/C26H25NO2/c1-26-11-10-22-21-9-7-20(28)13-18(21)6-8-23(22)24(26)14-19(25(26)29)12-16-2-4-17(15-27)5-3-16/h2-5,7,9,12-13,22-24,28H,6,8,10-11,14H2,1H3/b19-12-/t22-,23-,24+,26+/m1/s1. The van der Waals surface area contributed by atoms with Crippen molar-refractivity contribution in [2.75, 3.05) is 0 Å². The number of ketones is 1. The highest BCUT2D eigenvalue weighted by molar-refractivity contribution is 6.06. The Morgan fingerprint density at radius 1 is 1.17 bits per heavy atom. The fourth-order valence-corrected chi connectivity index (χ4v) is 6.22. The van der Waals surface area contributed by atoms with Crippen LogP contribution in [-0.2, 0) is 11.2 Å². The molecule has 1 N–H and O–H groups in total. The van der Waals surface area contributed by atoms with E-state index >= 15 is 0 Å². The van der Waals surface area contributed by atoms with Crippen molar-refractivity contribution in [3.63, 3.8) is 0 Å². The van der Waals surface area contributed by atoms with Crippen LogP contribution in [0.5, 0.6) is 5.75 Å². The van der Waals surface area contributed by atoms with Crippen LogP contribution in [0, 0.1) is 28.6 Å². The summed E-state index contributed by atoms with van der Waals surface area (Å²) in [6, 6.07) is 15.5. The highest BCUT2D eigenvalue weighted by atomic mass is 16.3. The number of nitrogens with zero attached hydrogens (tertiary/aromatic N) is 1. The summed E-state index contributed by atoms with van der Waals surface area (Å²) in [6.07, 6.45) is 6.95. The summed E-state index contributed by atoms with van der Waals surface area (Å²) in [5.41, 5.74) is 4.99. The third-order valence-electron chi connectivity index (χ3n) is 7.73. The summed E-state index contributed by atoms with van der Waals surface area (Å²) in [5, 5.41) is 18.8. The number of phenolic OH excluding ortho intramolecular Hbond substituents is 1. The number of hydrogen-bond acceptors (Lipinski definition) is 3. The van der Waals surface area contributed by atoms with Gasteiger partial charge in [-0.15, -0.1) is 0 Å². The van der Waals surface area contributed by atoms with Gasteiger partial charge in [0.1, 0.15) is 5.75 Å². The van der Waals surface area contributed by atoms with E-state index in [0.717, 1.165) is 43.2 Å². The van der Waals surface area contributed by atoms with E-state index in [4.69, 9.17) is 5.26 Å². The third-order valence-corrected chi connectivity index (χ3v) is 7.73. The number of carbonyl (C=O) groups excluding carboxylic acids is 1. The van der Waals surface area contributed by atoms with Gasteiger partial charge in [-0.05, 0) is 102 Å². The van der Waals surface area contributed by atoms with Crippen LogP contribution in [-0.4, -0.2) is 10.9 Å². The molecule has 3 heteroatoms. The van der Waals surface area contributed by atoms with Crippen molar-refractivity contribution < 1.29 is 9.90 Å². The molecule has 0 aliphatic heterocycles. The molecular formula is C26H25NO2. The fraction of sp³-hybridized carbons (Fsp3) is 0.385. The van der Waals surface area contributed by atoms with Gasteiger partial charge in [0.15, 0.2) is 5.78 Å². The Morgan fingerprint density at radius 3 is 2.72 bits per heavy atom. The van der Waals surface area contributed by atoms with Crippen molar-refractivity contribution in [2.45, 2.75) is 44.9 Å². The van der Waals surface area contributed by atoms with Gasteiger partial charge in [0.2, 0.25) is 0 Å². The van der Waals surface area contributed by atoms with Crippen LogP contribution < -0.4 is 0 Å². The average molecular weight is 383 g/mol. The molecule has 0 bridgehead atoms. The molecule has 0 unspecified atom stereocenters. The predicted octanol–water partition coefficient (Wildman–Crippen LogP) is 5.38. The van der Waals surface area contributed by atoms with Crippen molar-refractivity contribution in [3.8, 4) is 11.8 Å². The summed E-state index contributed by atoms with van der Waals surface area (Å²) in [5.74, 6) is 2.09. The lowest BCUT2D eigenvalue weighted by molar-refractivity contribution is -0.127. The van der Waals surface area contributed by atoms with E-state index in [2.05, 4.69) is 19.1 Å². The summed E-state index contributed by atoms with van der Waals surface area (Å²) in [7, 11) is 0. The maximum Gasteiger partial charge on any atom is 0.165 e. The van der Waals surface area contributed by atoms with Gasteiger partial charge in [-0.3, -0.25) is 4.79 Å². The van der Waals surface area contributed by atoms with Gasteiger partial charge >= 0.3 is 0 Å². The number of Topliss-reactive ketones (excluding diaryl/α,β-unsaturated/α-hetero) is 1. The number of phenols is 1. The largest absolute Gasteiger partial charge is 0.508 e. The van der Waals surface area contributed by atoms with Crippen molar-refractivity contribution in [2.24, 2.45) is 17.3 Å². The van der Waals surface area contributed by atoms with Gasteiger partial charge < -0.3 is 5.11 Å². The number of aryl methyl sites for hydroxylation is 1. The van der Waals surface area contributed by atoms with Gasteiger partial charge in [0, 0.05) is 5.41 Å². The van der Waals surface area contributed by atoms with E-state index < -0.39 is 0 Å². The molecule has 3 aliphatic rings. The molecule has 3 nitrogen and oxygen atoms in total. The first-order chi connectivity index (χ1) is 14.0. The van der Waals surface area contributed by atoms with Gasteiger partial charge in [-0.25, -0.2) is 0 Å². The molecule has 2 fully saturated rings. The molecule has 0 saturated heterocycles. The molecule has 2 aromatic rings. The average Bonchev–Trinajstić information content (AvgIpc) is 2.99. The van der Waals surface area contributed by atoms with E-state index in [1.54, 1.807) is 0 Å². The highest BCUT2D eigenvalue weighted by Crippen LogP contribution is 2.60. The SMILES string of the molecule is C[C@]12CC[C@@H]3c4ccc(O)cc4CC[C@H]3[C@@H]1C/C(=C/c1ccc(C#N)cc1)C2=O. The molecule has 5 rings (SSSR count). The molecule has 0 spiro atoms. The molecular weight excluding hydrogens is 358 g/mol. The topological polar surface area (TPSA) is 61.1 Å². The molecule has 2 saturated carbocycles. The Hall–Kier alpha value is -2.86. The van der Waals surface area contributed by atoms with Crippen molar-refractivity contribution >= 4 is 11.9 Å². The fourth-order valence-electron chi connectivity index (χ4n) is 6.22. The summed E-state index contributed by atoms with van der Waals surface area (Å²) in [4.78, 5) is 13.4. The van der Waals surface area contributed by atoms with Crippen LogP contribution in [0.2, 0.25) is 0 Å². The molecule has 146 valence electrons. The Morgan fingerprint density at radius 2 is 1.97 bits per heavy atom.